The predicted molar refractivity (Wildman–Crippen MR) is 552 cm³/mol. The summed E-state index contributed by atoms with van der Waals surface area (Å²) in [7, 11) is 0. The number of para-hydroxylation sites is 3. The molecule has 0 saturated carbocycles. The van der Waals surface area contributed by atoms with Crippen molar-refractivity contribution in [2.75, 3.05) is 0 Å². The van der Waals surface area contributed by atoms with Crippen LogP contribution in [0.25, 0.3) is 266 Å². The van der Waals surface area contributed by atoms with E-state index in [1.807, 2.05) is 146 Å². The fourth-order valence-electron chi connectivity index (χ4n) is 19.1. The van der Waals surface area contributed by atoms with E-state index in [1.54, 1.807) is 0 Å². The van der Waals surface area contributed by atoms with Gasteiger partial charge in [0.25, 0.3) is 0 Å². The van der Waals surface area contributed by atoms with Crippen molar-refractivity contribution in [3.05, 3.63) is 455 Å². The van der Waals surface area contributed by atoms with Crippen LogP contribution in [0.3, 0.4) is 0 Å². The molecule has 0 radical (unpaired) electrons. The van der Waals surface area contributed by atoms with E-state index < -0.39 is 0 Å². The molecule has 0 atom stereocenters. The van der Waals surface area contributed by atoms with Gasteiger partial charge in [0, 0.05) is 82.4 Å². The molecule has 6 heterocycles. The number of nitrogens with zero attached hydrogens (tertiary/aromatic N) is 9. The lowest BCUT2D eigenvalue weighted by atomic mass is 9.92. The number of fused-ring (bicyclic) bond motifs is 15. The molecule has 0 fully saturated rings. The van der Waals surface area contributed by atoms with Gasteiger partial charge in [-0.05, 0) is 177 Å². The summed E-state index contributed by atoms with van der Waals surface area (Å²) in [6.07, 6.45) is 0. The van der Waals surface area contributed by atoms with E-state index in [0.29, 0.717) is 52.4 Å². The van der Waals surface area contributed by atoms with Crippen LogP contribution in [0.15, 0.2) is 468 Å². The van der Waals surface area contributed by atoms with Gasteiger partial charge in [-0.2, -0.15) is 0 Å². The van der Waals surface area contributed by atoms with Crippen LogP contribution >= 0.6 is 0 Å². The highest BCUT2D eigenvalue weighted by atomic mass is 16.3. The standard InChI is InChI=1S/3C41H25N3O/c1-2-12-27(13-3-1)39-42-40(29-24-23-26-11-4-5-14-28(26)25-29)44-41(43-39)34-20-9-16-30-31(17-8-18-32(30)34)33-19-10-22-37-38(33)35-15-6-7-21-36(35)45-37;1-2-12-27(13-3-1)39-42-40(30-22-21-26-11-4-5-14-28(26)23-30)44-41(43-39)31-24-29-15-6-7-16-32(29)35(25-31)33-18-10-20-37-38(33)34-17-8-9-19-36(34)45-37;1-2-12-27(13-3-1)39-42-40(30-22-21-26-11-4-5-14-28(26)23-30)44-41(43-39)35-25-31(24-29-15-6-7-16-32(29)35)33-18-10-20-37-38(33)34-17-8-9-19-36(34)45-37/h3*1-25H. The van der Waals surface area contributed by atoms with Crippen molar-refractivity contribution in [1.29, 1.82) is 0 Å². The Morgan fingerprint density at radius 1 is 0.119 bits per heavy atom. The Labute approximate surface area is 774 Å². The minimum absolute atomic E-state index is 0.628. The van der Waals surface area contributed by atoms with Crippen LogP contribution in [0.1, 0.15) is 0 Å². The summed E-state index contributed by atoms with van der Waals surface area (Å²) >= 11 is 0. The molecule has 0 bridgehead atoms. The van der Waals surface area contributed by atoms with Gasteiger partial charge in [-0.3, -0.25) is 0 Å². The summed E-state index contributed by atoms with van der Waals surface area (Å²) in [5.41, 5.74) is 20.5. The summed E-state index contributed by atoms with van der Waals surface area (Å²) in [6.45, 7) is 0. The molecule has 0 spiro atoms. The number of hydrogen-bond donors (Lipinski definition) is 0. The molecule has 0 N–H and O–H groups in total. The van der Waals surface area contributed by atoms with Crippen LogP contribution in [0.4, 0.5) is 0 Å². The van der Waals surface area contributed by atoms with Gasteiger partial charge < -0.3 is 13.3 Å². The van der Waals surface area contributed by atoms with Crippen molar-refractivity contribution in [2.45, 2.75) is 0 Å². The largest absolute Gasteiger partial charge is 0.456 e. The summed E-state index contributed by atoms with van der Waals surface area (Å²) in [5.74, 6) is 5.75. The molecule has 0 saturated heterocycles. The van der Waals surface area contributed by atoms with E-state index in [1.165, 1.54) is 16.2 Å². The van der Waals surface area contributed by atoms with Crippen LogP contribution in [-0.2, 0) is 0 Å². The zero-order chi connectivity index (χ0) is 89.2. The topological polar surface area (TPSA) is 155 Å². The highest BCUT2D eigenvalue weighted by Crippen LogP contribution is 2.47. The summed E-state index contributed by atoms with van der Waals surface area (Å²) < 4.78 is 18.7. The van der Waals surface area contributed by atoms with Crippen LogP contribution in [0.5, 0.6) is 0 Å². The van der Waals surface area contributed by atoms with Crippen LogP contribution < -0.4 is 0 Å². The number of rotatable bonds is 12. The third kappa shape index (κ3) is 14.7. The Morgan fingerprint density at radius 2 is 0.378 bits per heavy atom. The van der Waals surface area contributed by atoms with Crippen molar-refractivity contribution >= 4 is 130 Å². The quantitative estimate of drug-likeness (QED) is 0.114. The summed E-state index contributed by atoms with van der Waals surface area (Å²) in [4.78, 5) is 45.6. The van der Waals surface area contributed by atoms with Crippen molar-refractivity contribution in [2.24, 2.45) is 0 Å². The molecule has 27 rings (SSSR count). The Kier molecular flexibility index (Phi) is 19.6. The monoisotopic (exact) mass is 1730 g/mol. The van der Waals surface area contributed by atoms with Gasteiger partial charge in [0.1, 0.15) is 33.5 Å². The third-order valence-electron chi connectivity index (χ3n) is 25.5. The molecule has 0 amide bonds. The fourth-order valence-corrected chi connectivity index (χ4v) is 19.1. The van der Waals surface area contributed by atoms with E-state index in [0.717, 1.165) is 198 Å². The molecule has 6 aromatic heterocycles. The van der Waals surface area contributed by atoms with Crippen LogP contribution in [0.2, 0.25) is 0 Å². The first-order valence-electron chi connectivity index (χ1n) is 45.1. The maximum Gasteiger partial charge on any atom is 0.164 e. The number of hydrogen-bond acceptors (Lipinski definition) is 12. The van der Waals surface area contributed by atoms with E-state index in [2.05, 4.69) is 309 Å². The maximum absolute atomic E-state index is 6.27. The van der Waals surface area contributed by atoms with Crippen molar-refractivity contribution in [3.63, 3.8) is 0 Å². The second-order valence-corrected chi connectivity index (χ2v) is 33.7. The average Bonchev–Trinajstić information content (AvgIpc) is 1.68. The normalized spacial score (nSPS) is 11.6. The van der Waals surface area contributed by atoms with Crippen LogP contribution in [0, 0.1) is 0 Å². The highest BCUT2D eigenvalue weighted by Gasteiger charge is 2.25. The van der Waals surface area contributed by atoms with E-state index in [9.17, 15) is 0 Å². The number of aromatic nitrogens is 9. The smallest absolute Gasteiger partial charge is 0.164 e. The van der Waals surface area contributed by atoms with Gasteiger partial charge >= 0.3 is 0 Å². The Bertz CT molecular complexity index is 9350. The van der Waals surface area contributed by atoms with Gasteiger partial charge in [0.05, 0.1) is 0 Å². The number of benzene rings is 21. The van der Waals surface area contributed by atoms with Gasteiger partial charge in [-0.25, -0.2) is 44.9 Å². The second-order valence-electron chi connectivity index (χ2n) is 33.7. The lowest BCUT2D eigenvalue weighted by Gasteiger charge is -2.13. The molecular formula is C123H75N9O3. The first-order chi connectivity index (χ1) is 66.9. The van der Waals surface area contributed by atoms with E-state index >= 15 is 0 Å². The molecule has 12 nitrogen and oxygen atoms in total. The number of furan rings is 3. The molecule has 630 valence electrons. The van der Waals surface area contributed by atoms with Gasteiger partial charge in [0.2, 0.25) is 0 Å². The van der Waals surface area contributed by atoms with Crippen molar-refractivity contribution in [1.82, 2.24) is 44.9 Å². The van der Waals surface area contributed by atoms with Gasteiger partial charge in [0.15, 0.2) is 52.4 Å². The summed E-state index contributed by atoms with van der Waals surface area (Å²) in [6, 6.07) is 157. The molecule has 135 heavy (non-hydrogen) atoms. The minimum Gasteiger partial charge on any atom is -0.456 e. The first-order valence-corrected chi connectivity index (χ1v) is 45.1. The summed E-state index contributed by atoms with van der Waals surface area (Å²) in [5, 5.41) is 20.3. The molecular weight excluding hydrogens is 1650 g/mol. The predicted octanol–water partition coefficient (Wildman–Crippen LogP) is 32.2. The van der Waals surface area contributed by atoms with Crippen LogP contribution in [-0.4, -0.2) is 44.9 Å². The molecule has 0 aliphatic rings. The zero-order valence-electron chi connectivity index (χ0n) is 72.6. The Morgan fingerprint density at radius 3 is 0.807 bits per heavy atom. The lowest BCUT2D eigenvalue weighted by molar-refractivity contribution is 0.668. The fraction of sp³-hybridized carbons (Fsp3) is 0. The van der Waals surface area contributed by atoms with Gasteiger partial charge in [-0.15, -0.1) is 0 Å². The molecule has 27 aromatic rings. The maximum atomic E-state index is 6.27. The molecule has 12 heteroatoms. The average molecular weight is 1730 g/mol. The van der Waals surface area contributed by atoms with Crippen molar-refractivity contribution < 1.29 is 13.3 Å². The van der Waals surface area contributed by atoms with E-state index in [-0.39, 0.29) is 0 Å². The Hall–Kier alpha value is -18.4. The zero-order valence-corrected chi connectivity index (χ0v) is 72.6. The molecule has 21 aromatic carbocycles. The van der Waals surface area contributed by atoms with E-state index in [4.69, 9.17) is 58.1 Å². The molecule has 0 aliphatic carbocycles. The third-order valence-corrected chi connectivity index (χ3v) is 25.5. The van der Waals surface area contributed by atoms with Gasteiger partial charge in [-0.1, -0.05) is 376 Å². The molecule has 0 aliphatic heterocycles. The SMILES string of the molecule is c1ccc(-c2nc(-c3ccc4ccccc4c3)nc(-c3cc(-c4cccc5oc6ccccc6c45)c4ccccc4c3)n2)cc1.c1ccc(-c2nc(-c3ccc4ccccc4c3)nc(-c3cc(-c4cccc5oc6ccccc6c45)cc4ccccc34)n2)cc1.c1ccc(-c2nc(-c3ccc4ccccc4c3)nc(-c3cccc4c(-c5cccc6oc7ccccc7c56)cccc34)n2)cc1. The van der Waals surface area contributed by atoms with Crippen molar-refractivity contribution in [3.8, 4) is 136 Å². The highest BCUT2D eigenvalue weighted by molar-refractivity contribution is 6.19. The minimum atomic E-state index is 0.628. The first kappa shape index (κ1) is 78.8. The Balaban J connectivity index is 0.000000108. The lowest BCUT2D eigenvalue weighted by Crippen LogP contribution is -2.01. The molecule has 0 unspecified atom stereocenters. The second kappa shape index (κ2) is 33.6.